The molecule has 0 bridgehead atoms. The maximum absolute atomic E-state index is 12.3. The summed E-state index contributed by atoms with van der Waals surface area (Å²) in [7, 11) is 1.67. The Morgan fingerprint density at radius 3 is 2.59 bits per heavy atom. The molecule has 0 amide bonds. The molecule has 0 N–H and O–H groups in total. The molecule has 3 rings (SSSR count). The normalized spacial score (nSPS) is 10.9. The first-order valence-corrected chi connectivity index (χ1v) is 10.3. The third-order valence-electron chi connectivity index (χ3n) is 3.98. The van der Waals surface area contributed by atoms with Gasteiger partial charge in [0.2, 0.25) is 0 Å². The van der Waals surface area contributed by atoms with Gasteiger partial charge in [0.05, 0.1) is 7.11 Å². The van der Waals surface area contributed by atoms with Gasteiger partial charge in [0.15, 0.2) is 5.78 Å². The van der Waals surface area contributed by atoms with E-state index in [1.54, 1.807) is 24.9 Å². The number of rotatable bonds is 7. The van der Waals surface area contributed by atoms with Crippen molar-refractivity contribution in [3.63, 3.8) is 0 Å². The van der Waals surface area contributed by atoms with Gasteiger partial charge in [0.1, 0.15) is 5.75 Å². The summed E-state index contributed by atoms with van der Waals surface area (Å²) in [4.78, 5) is 13.5. The lowest BCUT2D eigenvalue weighted by molar-refractivity contribution is 0.104. The highest BCUT2D eigenvalue weighted by molar-refractivity contribution is 9.10. The van der Waals surface area contributed by atoms with Crippen LogP contribution in [0.25, 0.3) is 6.08 Å². The van der Waals surface area contributed by atoms with Crippen LogP contribution in [0, 0.1) is 0 Å². The van der Waals surface area contributed by atoms with Crippen molar-refractivity contribution in [3.8, 4) is 5.75 Å². The average Bonchev–Trinajstić information content (AvgIpc) is 2.71. The number of halogens is 1. The third-order valence-corrected chi connectivity index (χ3v) is 5.54. The Labute approximate surface area is 172 Å². The maximum atomic E-state index is 12.3. The molecule has 0 radical (unpaired) electrons. The van der Waals surface area contributed by atoms with Gasteiger partial charge in [-0.2, -0.15) is 0 Å². The first-order valence-electron chi connectivity index (χ1n) is 8.48. The molecule has 0 spiro atoms. The lowest BCUT2D eigenvalue weighted by atomic mass is 10.1. The number of benzene rings is 3. The summed E-state index contributed by atoms with van der Waals surface area (Å²) >= 11 is 5.16. The standard InChI is InChI=1S/C23H19BrO2S/c1-26-23-14-17(11-13-22(25)18-6-5-7-20(24)15-18)10-12-19(23)16-27-21-8-3-2-4-9-21/h2-15H,16H2,1H3/b13-11+. The number of thioether (sulfide) groups is 1. The van der Waals surface area contributed by atoms with E-state index in [9.17, 15) is 4.79 Å². The van der Waals surface area contributed by atoms with E-state index in [4.69, 9.17) is 4.74 Å². The zero-order valence-corrected chi connectivity index (χ0v) is 17.3. The van der Waals surface area contributed by atoms with Crippen molar-refractivity contribution in [3.05, 3.63) is 100 Å². The minimum absolute atomic E-state index is 0.0287. The second-order valence-electron chi connectivity index (χ2n) is 5.88. The van der Waals surface area contributed by atoms with E-state index in [0.717, 1.165) is 27.1 Å². The van der Waals surface area contributed by atoms with Crippen molar-refractivity contribution in [1.82, 2.24) is 0 Å². The fourth-order valence-electron chi connectivity index (χ4n) is 2.57. The molecular weight excluding hydrogens is 420 g/mol. The Balaban J connectivity index is 1.70. The monoisotopic (exact) mass is 438 g/mol. The number of carbonyl (C=O) groups is 1. The molecule has 27 heavy (non-hydrogen) atoms. The smallest absolute Gasteiger partial charge is 0.185 e. The Morgan fingerprint density at radius 2 is 1.85 bits per heavy atom. The van der Waals surface area contributed by atoms with Crippen LogP contribution in [0.1, 0.15) is 21.5 Å². The van der Waals surface area contributed by atoms with Crippen LogP contribution in [0.2, 0.25) is 0 Å². The van der Waals surface area contributed by atoms with Crippen LogP contribution in [0.5, 0.6) is 5.75 Å². The predicted octanol–water partition coefficient (Wildman–Crippen LogP) is 6.65. The van der Waals surface area contributed by atoms with Gasteiger partial charge in [0, 0.05) is 26.2 Å². The van der Waals surface area contributed by atoms with Gasteiger partial charge in [-0.3, -0.25) is 4.79 Å². The minimum atomic E-state index is -0.0287. The van der Waals surface area contributed by atoms with Crippen molar-refractivity contribution < 1.29 is 9.53 Å². The SMILES string of the molecule is COc1cc(/C=C/C(=O)c2cccc(Br)c2)ccc1CSc1ccccc1. The summed E-state index contributed by atoms with van der Waals surface area (Å²) in [5, 5.41) is 0. The van der Waals surface area contributed by atoms with E-state index in [-0.39, 0.29) is 5.78 Å². The Hall–Kier alpha value is -2.30. The fraction of sp³-hybridized carbons (Fsp3) is 0.0870. The maximum Gasteiger partial charge on any atom is 0.185 e. The van der Waals surface area contributed by atoms with Crippen molar-refractivity contribution in [1.29, 1.82) is 0 Å². The van der Waals surface area contributed by atoms with Gasteiger partial charge in [-0.05, 0) is 42.0 Å². The van der Waals surface area contributed by atoms with Crippen molar-refractivity contribution in [2.75, 3.05) is 7.11 Å². The minimum Gasteiger partial charge on any atom is -0.496 e. The average molecular weight is 439 g/mol. The topological polar surface area (TPSA) is 26.3 Å². The van der Waals surface area contributed by atoms with E-state index in [2.05, 4.69) is 34.1 Å². The summed E-state index contributed by atoms with van der Waals surface area (Å²) in [6, 6.07) is 23.7. The molecule has 0 aliphatic heterocycles. The summed E-state index contributed by atoms with van der Waals surface area (Å²) < 4.78 is 6.44. The molecule has 0 saturated carbocycles. The fourth-order valence-corrected chi connectivity index (χ4v) is 3.88. The van der Waals surface area contributed by atoms with Gasteiger partial charge in [-0.15, -0.1) is 11.8 Å². The number of methoxy groups -OCH3 is 1. The zero-order valence-electron chi connectivity index (χ0n) is 14.9. The lowest BCUT2D eigenvalue weighted by Crippen LogP contribution is -1.94. The Morgan fingerprint density at radius 1 is 1.04 bits per heavy atom. The highest BCUT2D eigenvalue weighted by Crippen LogP contribution is 2.29. The van der Waals surface area contributed by atoms with Gasteiger partial charge in [-0.1, -0.05) is 64.5 Å². The molecule has 0 saturated heterocycles. The Kier molecular flexibility index (Phi) is 6.91. The van der Waals surface area contributed by atoms with Crippen molar-refractivity contribution in [2.24, 2.45) is 0 Å². The van der Waals surface area contributed by atoms with Crippen molar-refractivity contribution in [2.45, 2.75) is 10.6 Å². The highest BCUT2D eigenvalue weighted by Gasteiger charge is 2.06. The molecule has 0 aromatic heterocycles. The second-order valence-corrected chi connectivity index (χ2v) is 7.85. The van der Waals surface area contributed by atoms with Gasteiger partial charge < -0.3 is 4.74 Å². The van der Waals surface area contributed by atoms with Gasteiger partial charge in [-0.25, -0.2) is 0 Å². The molecule has 3 aromatic carbocycles. The molecule has 4 heteroatoms. The molecule has 0 unspecified atom stereocenters. The lowest BCUT2D eigenvalue weighted by Gasteiger charge is -2.09. The van der Waals surface area contributed by atoms with E-state index >= 15 is 0 Å². The number of ketones is 1. The molecule has 3 aromatic rings. The summed E-state index contributed by atoms with van der Waals surface area (Å²) in [6.45, 7) is 0. The van der Waals surface area contributed by atoms with Crippen LogP contribution in [-0.2, 0) is 5.75 Å². The predicted molar refractivity (Wildman–Crippen MR) is 117 cm³/mol. The molecule has 0 fully saturated rings. The highest BCUT2D eigenvalue weighted by atomic mass is 79.9. The van der Waals surface area contributed by atoms with Crippen LogP contribution < -0.4 is 4.74 Å². The summed E-state index contributed by atoms with van der Waals surface area (Å²) in [5.74, 6) is 1.63. The number of hydrogen-bond acceptors (Lipinski definition) is 3. The van der Waals surface area contributed by atoms with Gasteiger partial charge >= 0.3 is 0 Å². The largest absolute Gasteiger partial charge is 0.496 e. The van der Waals surface area contributed by atoms with Crippen LogP contribution in [0.15, 0.2) is 88.2 Å². The zero-order chi connectivity index (χ0) is 19.1. The van der Waals surface area contributed by atoms with Crippen LogP contribution >= 0.6 is 27.7 Å². The number of hydrogen-bond donors (Lipinski definition) is 0. The molecule has 0 atom stereocenters. The number of ether oxygens (including phenoxy) is 1. The van der Waals surface area contributed by atoms with E-state index in [1.807, 2.05) is 60.7 Å². The molecular formula is C23H19BrO2S. The summed E-state index contributed by atoms with van der Waals surface area (Å²) in [6.07, 6.45) is 3.41. The number of allylic oxidation sites excluding steroid dienone is 1. The Bertz CT molecular complexity index is 952. The van der Waals surface area contributed by atoms with Crippen LogP contribution in [-0.4, -0.2) is 12.9 Å². The molecule has 0 aliphatic rings. The number of carbonyl (C=O) groups excluding carboxylic acids is 1. The van der Waals surface area contributed by atoms with Crippen LogP contribution in [0.4, 0.5) is 0 Å². The quantitative estimate of drug-likeness (QED) is 0.234. The van der Waals surface area contributed by atoms with E-state index in [0.29, 0.717) is 5.56 Å². The van der Waals surface area contributed by atoms with Gasteiger partial charge in [0.25, 0.3) is 0 Å². The molecule has 0 aliphatic carbocycles. The van der Waals surface area contributed by atoms with Crippen LogP contribution in [0.3, 0.4) is 0 Å². The summed E-state index contributed by atoms with van der Waals surface area (Å²) in [5.41, 5.74) is 2.72. The third kappa shape index (κ3) is 5.59. The van der Waals surface area contributed by atoms with E-state index < -0.39 is 0 Å². The van der Waals surface area contributed by atoms with Crippen molar-refractivity contribution >= 4 is 39.6 Å². The second kappa shape index (κ2) is 9.58. The molecule has 2 nitrogen and oxygen atoms in total. The first-order chi connectivity index (χ1) is 13.2. The molecule has 0 heterocycles. The van der Waals surface area contributed by atoms with E-state index in [1.165, 1.54) is 4.90 Å². The first kappa shape index (κ1) is 19.5. The molecule has 136 valence electrons.